The first-order valence-corrected chi connectivity index (χ1v) is 11.9. The van der Waals surface area contributed by atoms with Crippen molar-refractivity contribution in [3.63, 3.8) is 0 Å². The lowest BCUT2D eigenvalue weighted by molar-refractivity contribution is -0.139. The first-order chi connectivity index (χ1) is 14.5. The normalized spacial score (nSPS) is 17.0. The van der Waals surface area contributed by atoms with Crippen molar-refractivity contribution in [2.45, 2.75) is 37.5 Å². The van der Waals surface area contributed by atoms with Gasteiger partial charge in [-0.1, -0.05) is 12.1 Å². The summed E-state index contributed by atoms with van der Waals surface area (Å²) in [6.07, 6.45) is -4.83. The molecule has 1 N–H and O–H groups in total. The molecule has 2 heterocycles. The molecule has 1 aromatic heterocycles. The number of aromatic nitrogens is 1. The van der Waals surface area contributed by atoms with E-state index in [-0.39, 0.29) is 0 Å². The van der Waals surface area contributed by atoms with Crippen LogP contribution in [-0.2, 0) is 27.5 Å². The summed E-state index contributed by atoms with van der Waals surface area (Å²) in [5.41, 5.74) is -0.306. The SMILES string of the molecule is Cc1nc(CN2CCN(C(=O)[C@H](C)NS(=O)(=O)c3ccccc3C(F)(F)F)CC2)cs1. The molecule has 1 saturated heterocycles. The van der Waals surface area contributed by atoms with E-state index in [1.165, 1.54) is 17.9 Å². The first kappa shape index (κ1) is 23.6. The topological polar surface area (TPSA) is 82.6 Å². The number of sulfonamides is 1. The fourth-order valence-electron chi connectivity index (χ4n) is 3.39. The van der Waals surface area contributed by atoms with Crippen molar-refractivity contribution in [1.29, 1.82) is 0 Å². The molecule has 12 heteroatoms. The van der Waals surface area contributed by atoms with Gasteiger partial charge in [0.15, 0.2) is 0 Å². The number of aryl methyl sites for hydroxylation is 1. The average Bonchev–Trinajstić information content (AvgIpc) is 3.11. The van der Waals surface area contributed by atoms with Crippen molar-refractivity contribution in [3.8, 4) is 0 Å². The summed E-state index contributed by atoms with van der Waals surface area (Å²) in [5, 5.41) is 2.97. The molecular weight excluding hydrogens is 453 g/mol. The maximum atomic E-state index is 13.2. The van der Waals surface area contributed by atoms with E-state index in [0.717, 1.165) is 22.8 Å². The van der Waals surface area contributed by atoms with Crippen molar-refractivity contribution in [2.24, 2.45) is 0 Å². The number of rotatable bonds is 6. The highest BCUT2D eigenvalue weighted by molar-refractivity contribution is 7.89. The highest BCUT2D eigenvalue weighted by Crippen LogP contribution is 2.33. The molecule has 7 nitrogen and oxygen atoms in total. The molecule has 3 rings (SSSR count). The van der Waals surface area contributed by atoms with Crippen LogP contribution in [0.1, 0.15) is 23.2 Å². The molecule has 1 aromatic carbocycles. The van der Waals surface area contributed by atoms with Crippen molar-refractivity contribution >= 4 is 27.3 Å². The largest absolute Gasteiger partial charge is 0.417 e. The van der Waals surface area contributed by atoms with Crippen LogP contribution in [0.25, 0.3) is 0 Å². The van der Waals surface area contributed by atoms with Gasteiger partial charge in [0.25, 0.3) is 0 Å². The Balaban J connectivity index is 1.61. The van der Waals surface area contributed by atoms with E-state index in [4.69, 9.17) is 0 Å². The zero-order chi connectivity index (χ0) is 22.8. The number of alkyl halides is 3. The molecular formula is C19H23F3N4O3S2. The van der Waals surface area contributed by atoms with E-state index in [2.05, 4.69) is 14.6 Å². The number of benzene rings is 1. The molecule has 0 radical (unpaired) electrons. The number of carbonyl (C=O) groups is 1. The number of nitrogens with one attached hydrogen (secondary N) is 1. The van der Waals surface area contributed by atoms with Crippen LogP contribution >= 0.6 is 11.3 Å². The standard InChI is InChI=1S/C19H23F3N4O3S2/c1-13(24-31(28,29)17-6-4-3-5-16(17)19(20,21)22)18(27)26-9-7-25(8-10-26)11-15-12-30-14(2)23-15/h3-6,12-13,24H,7-11H2,1-2H3/t13-/m0/s1. The summed E-state index contributed by atoms with van der Waals surface area (Å²) in [7, 11) is -4.54. The van der Waals surface area contributed by atoms with E-state index in [1.807, 2.05) is 12.3 Å². The Bertz CT molecular complexity index is 1030. The quantitative estimate of drug-likeness (QED) is 0.693. The second kappa shape index (κ2) is 9.23. The molecule has 0 bridgehead atoms. The minimum Gasteiger partial charge on any atom is -0.339 e. The average molecular weight is 477 g/mol. The van der Waals surface area contributed by atoms with Gasteiger partial charge in [-0.25, -0.2) is 13.4 Å². The van der Waals surface area contributed by atoms with Gasteiger partial charge in [0, 0.05) is 38.1 Å². The van der Waals surface area contributed by atoms with Gasteiger partial charge < -0.3 is 4.90 Å². The molecule has 0 unspecified atom stereocenters. The van der Waals surface area contributed by atoms with Crippen LogP contribution in [0.2, 0.25) is 0 Å². The van der Waals surface area contributed by atoms with Gasteiger partial charge in [-0.3, -0.25) is 9.69 Å². The van der Waals surface area contributed by atoms with Gasteiger partial charge >= 0.3 is 6.18 Å². The monoisotopic (exact) mass is 476 g/mol. The highest BCUT2D eigenvalue weighted by Gasteiger charge is 2.38. The molecule has 31 heavy (non-hydrogen) atoms. The predicted octanol–water partition coefficient (Wildman–Crippen LogP) is 2.48. The first-order valence-electron chi connectivity index (χ1n) is 9.58. The summed E-state index contributed by atoms with van der Waals surface area (Å²) in [5.74, 6) is -0.475. The van der Waals surface area contributed by atoms with Gasteiger partial charge in [0.1, 0.15) is 0 Å². The highest BCUT2D eigenvalue weighted by atomic mass is 32.2. The fourth-order valence-corrected chi connectivity index (χ4v) is 5.42. The summed E-state index contributed by atoms with van der Waals surface area (Å²) >= 11 is 1.57. The molecule has 0 saturated carbocycles. The third kappa shape index (κ3) is 5.82. The van der Waals surface area contributed by atoms with Gasteiger partial charge in [-0.2, -0.15) is 17.9 Å². The van der Waals surface area contributed by atoms with Crippen LogP contribution in [0.3, 0.4) is 0 Å². The number of nitrogens with zero attached hydrogens (tertiary/aromatic N) is 3. The lowest BCUT2D eigenvalue weighted by Gasteiger charge is -2.35. The summed E-state index contributed by atoms with van der Waals surface area (Å²) in [4.78, 5) is 19.9. The summed E-state index contributed by atoms with van der Waals surface area (Å²) in [6.45, 7) is 5.92. The van der Waals surface area contributed by atoms with E-state index >= 15 is 0 Å². The number of piperazine rings is 1. The molecule has 1 atom stereocenters. The maximum Gasteiger partial charge on any atom is 0.417 e. The van der Waals surface area contributed by atoms with Crippen LogP contribution in [0.4, 0.5) is 13.2 Å². The summed E-state index contributed by atoms with van der Waals surface area (Å²) < 4.78 is 66.8. The Kier molecular flexibility index (Phi) is 7.04. The molecule has 1 aliphatic heterocycles. The smallest absolute Gasteiger partial charge is 0.339 e. The molecule has 2 aromatic rings. The second-order valence-corrected chi connectivity index (χ2v) is 10.0. The van der Waals surface area contributed by atoms with E-state index in [0.29, 0.717) is 38.8 Å². The third-order valence-corrected chi connectivity index (χ3v) is 7.34. The third-order valence-electron chi connectivity index (χ3n) is 4.92. The van der Waals surface area contributed by atoms with E-state index in [1.54, 1.807) is 11.3 Å². The number of hydrogen-bond acceptors (Lipinski definition) is 6. The molecule has 0 spiro atoms. The lowest BCUT2D eigenvalue weighted by atomic mass is 10.2. The number of thiazole rings is 1. The van der Waals surface area contributed by atoms with Gasteiger partial charge in [0.2, 0.25) is 15.9 Å². The van der Waals surface area contributed by atoms with Crippen LogP contribution in [0, 0.1) is 6.92 Å². The van der Waals surface area contributed by atoms with Crippen molar-refractivity contribution < 1.29 is 26.4 Å². The number of amides is 1. The van der Waals surface area contributed by atoms with Crippen molar-refractivity contribution in [2.75, 3.05) is 26.2 Å². The van der Waals surface area contributed by atoms with Crippen LogP contribution in [-0.4, -0.2) is 61.3 Å². The molecule has 170 valence electrons. The van der Waals surface area contributed by atoms with Gasteiger partial charge in [0.05, 0.1) is 27.2 Å². The predicted molar refractivity (Wildman–Crippen MR) is 110 cm³/mol. The van der Waals surface area contributed by atoms with Crippen molar-refractivity contribution in [1.82, 2.24) is 19.5 Å². The van der Waals surface area contributed by atoms with Crippen LogP contribution < -0.4 is 4.72 Å². The summed E-state index contributed by atoms with van der Waals surface area (Å²) in [6, 6.07) is 2.70. The Morgan fingerprint density at radius 1 is 1.23 bits per heavy atom. The Hall–Kier alpha value is -2.02. The Labute approximate surface area is 182 Å². The fraction of sp³-hybridized carbons (Fsp3) is 0.474. The minimum absolute atomic E-state index is 0.396. The zero-order valence-electron chi connectivity index (χ0n) is 17.0. The molecule has 1 fully saturated rings. The zero-order valence-corrected chi connectivity index (χ0v) is 18.6. The Morgan fingerprint density at radius 2 is 1.87 bits per heavy atom. The maximum absolute atomic E-state index is 13.2. The minimum atomic E-state index is -4.83. The second-order valence-electron chi connectivity index (χ2n) is 7.30. The number of halogens is 3. The van der Waals surface area contributed by atoms with Gasteiger partial charge in [-0.05, 0) is 26.0 Å². The number of carbonyl (C=O) groups excluding carboxylic acids is 1. The van der Waals surface area contributed by atoms with Gasteiger partial charge in [-0.15, -0.1) is 11.3 Å². The van der Waals surface area contributed by atoms with Crippen LogP contribution in [0.15, 0.2) is 34.5 Å². The molecule has 1 amide bonds. The van der Waals surface area contributed by atoms with E-state index < -0.39 is 38.6 Å². The van der Waals surface area contributed by atoms with Crippen molar-refractivity contribution in [3.05, 3.63) is 45.9 Å². The lowest BCUT2D eigenvalue weighted by Crippen LogP contribution is -2.53. The molecule has 1 aliphatic rings. The Morgan fingerprint density at radius 3 is 2.45 bits per heavy atom. The molecule has 0 aliphatic carbocycles. The number of hydrogen-bond donors (Lipinski definition) is 1. The van der Waals surface area contributed by atoms with E-state index in [9.17, 15) is 26.4 Å². The van der Waals surface area contributed by atoms with Crippen LogP contribution in [0.5, 0.6) is 0 Å².